The number of benzene rings is 1. The molecule has 2 heterocycles. The fourth-order valence-electron chi connectivity index (χ4n) is 3.93. The maximum absolute atomic E-state index is 11.4. The van der Waals surface area contributed by atoms with Crippen LogP contribution in [0.1, 0.15) is 41.6 Å². The van der Waals surface area contributed by atoms with Crippen LogP contribution in [0.25, 0.3) is 0 Å². The lowest BCUT2D eigenvalue weighted by atomic mass is 10.1. The fraction of sp³-hybridized carbons (Fsp3) is 0.650. The van der Waals surface area contributed by atoms with Crippen molar-refractivity contribution >= 4 is 5.97 Å². The number of carboxylic acid groups (broad SMARTS) is 1. The molecule has 0 saturated carbocycles. The third-order valence-electron chi connectivity index (χ3n) is 5.25. The normalized spacial score (nSPS) is 22.7. The highest BCUT2D eigenvalue weighted by atomic mass is 16.5. The van der Waals surface area contributed by atoms with Crippen molar-refractivity contribution in [3.05, 3.63) is 29.3 Å². The van der Waals surface area contributed by atoms with E-state index in [4.69, 9.17) is 9.47 Å². The molecule has 2 saturated heterocycles. The summed E-state index contributed by atoms with van der Waals surface area (Å²) in [5, 5.41) is 9.38. The van der Waals surface area contributed by atoms with E-state index in [1.165, 1.54) is 39.5 Å². The van der Waals surface area contributed by atoms with Gasteiger partial charge >= 0.3 is 5.97 Å². The number of carboxylic acids is 1. The van der Waals surface area contributed by atoms with Crippen LogP contribution in [0.2, 0.25) is 0 Å². The summed E-state index contributed by atoms with van der Waals surface area (Å²) in [6, 6.07) is 5.43. The number of likely N-dealkylation sites (tertiary alicyclic amines) is 1. The third kappa shape index (κ3) is 5.19. The van der Waals surface area contributed by atoms with Crippen molar-refractivity contribution in [3.63, 3.8) is 0 Å². The number of hydrogen-bond acceptors (Lipinski definition) is 5. The number of aromatic carboxylic acids is 1. The van der Waals surface area contributed by atoms with Gasteiger partial charge in [-0.25, -0.2) is 4.79 Å². The molecule has 3 rings (SSSR count). The van der Waals surface area contributed by atoms with Crippen molar-refractivity contribution in [2.24, 2.45) is 0 Å². The quantitative estimate of drug-likeness (QED) is 0.839. The van der Waals surface area contributed by atoms with E-state index >= 15 is 0 Å². The van der Waals surface area contributed by atoms with Crippen LogP contribution in [0.3, 0.4) is 0 Å². The Hall–Kier alpha value is -1.63. The first-order chi connectivity index (χ1) is 12.7. The molecule has 0 bridgehead atoms. The van der Waals surface area contributed by atoms with Crippen LogP contribution in [0.4, 0.5) is 0 Å². The van der Waals surface area contributed by atoms with E-state index in [-0.39, 0.29) is 11.7 Å². The van der Waals surface area contributed by atoms with Crippen molar-refractivity contribution in [2.45, 2.75) is 38.3 Å². The second-order valence-corrected chi connectivity index (χ2v) is 7.28. The lowest BCUT2D eigenvalue weighted by Crippen LogP contribution is -2.42. The molecule has 0 aromatic heterocycles. The molecule has 0 amide bonds. The Kier molecular flexibility index (Phi) is 6.88. The zero-order valence-electron chi connectivity index (χ0n) is 15.7. The van der Waals surface area contributed by atoms with E-state index in [1.807, 2.05) is 6.07 Å². The molecular weight excluding hydrogens is 332 g/mol. The number of piperidine rings is 1. The van der Waals surface area contributed by atoms with Gasteiger partial charge in [-0.15, -0.1) is 0 Å². The van der Waals surface area contributed by atoms with Gasteiger partial charge < -0.3 is 19.5 Å². The maximum atomic E-state index is 11.4. The van der Waals surface area contributed by atoms with Gasteiger partial charge in [0.2, 0.25) is 0 Å². The molecule has 1 N–H and O–H groups in total. The highest BCUT2D eigenvalue weighted by molar-refractivity contribution is 5.91. The van der Waals surface area contributed by atoms with Gasteiger partial charge in [0.25, 0.3) is 0 Å². The van der Waals surface area contributed by atoms with Crippen molar-refractivity contribution < 1.29 is 19.4 Å². The number of hydrogen-bond donors (Lipinski definition) is 1. The standard InChI is InChI=1S/C20H30N2O4/c1-25-19-7-6-16(12-18(19)20(23)24)13-22-10-5-11-26-17(15-22)14-21-8-3-2-4-9-21/h6-7,12,17H,2-5,8-11,13-15H2,1H3,(H,23,24). The first-order valence-electron chi connectivity index (χ1n) is 9.62. The summed E-state index contributed by atoms with van der Waals surface area (Å²) in [4.78, 5) is 16.3. The van der Waals surface area contributed by atoms with Gasteiger partial charge in [-0.1, -0.05) is 12.5 Å². The Labute approximate surface area is 155 Å². The minimum Gasteiger partial charge on any atom is -0.496 e. The zero-order valence-corrected chi connectivity index (χ0v) is 15.7. The summed E-state index contributed by atoms with van der Waals surface area (Å²) in [5.74, 6) is -0.547. The average molecular weight is 362 g/mol. The minimum absolute atomic E-state index is 0.223. The first-order valence-corrected chi connectivity index (χ1v) is 9.62. The maximum Gasteiger partial charge on any atom is 0.339 e. The van der Waals surface area contributed by atoms with Crippen LogP contribution < -0.4 is 4.74 Å². The Bertz CT molecular complexity index is 601. The molecule has 2 fully saturated rings. The van der Waals surface area contributed by atoms with Crippen LogP contribution in [-0.4, -0.2) is 73.4 Å². The van der Waals surface area contributed by atoms with Gasteiger partial charge in [-0.05, 0) is 50.0 Å². The predicted molar refractivity (Wildman–Crippen MR) is 99.9 cm³/mol. The van der Waals surface area contributed by atoms with Gasteiger partial charge in [0, 0.05) is 32.8 Å². The molecule has 144 valence electrons. The number of rotatable bonds is 6. The Morgan fingerprint density at radius 2 is 1.96 bits per heavy atom. The van der Waals surface area contributed by atoms with E-state index in [1.54, 1.807) is 12.1 Å². The van der Waals surface area contributed by atoms with E-state index in [0.29, 0.717) is 5.75 Å². The second-order valence-electron chi connectivity index (χ2n) is 7.28. The van der Waals surface area contributed by atoms with Crippen LogP contribution >= 0.6 is 0 Å². The van der Waals surface area contributed by atoms with Gasteiger partial charge in [0.1, 0.15) is 11.3 Å². The van der Waals surface area contributed by atoms with E-state index in [2.05, 4.69) is 9.80 Å². The SMILES string of the molecule is COc1ccc(CN2CCCOC(CN3CCCCC3)C2)cc1C(=O)O. The molecule has 0 radical (unpaired) electrons. The van der Waals surface area contributed by atoms with Crippen LogP contribution in [-0.2, 0) is 11.3 Å². The van der Waals surface area contributed by atoms with Gasteiger partial charge in [0.15, 0.2) is 0 Å². The lowest BCUT2D eigenvalue weighted by Gasteiger charge is -2.31. The van der Waals surface area contributed by atoms with Crippen molar-refractivity contribution in [1.82, 2.24) is 9.80 Å². The summed E-state index contributed by atoms with van der Waals surface area (Å²) >= 11 is 0. The first kappa shape index (κ1) is 19.1. The molecule has 2 aliphatic heterocycles. The van der Waals surface area contributed by atoms with E-state index in [0.717, 1.165) is 44.8 Å². The highest BCUT2D eigenvalue weighted by Crippen LogP contribution is 2.22. The summed E-state index contributed by atoms with van der Waals surface area (Å²) in [6.07, 6.45) is 5.17. The van der Waals surface area contributed by atoms with Crippen LogP contribution in [0, 0.1) is 0 Å². The predicted octanol–water partition coefficient (Wildman–Crippen LogP) is 2.47. The van der Waals surface area contributed by atoms with E-state index < -0.39 is 5.97 Å². The van der Waals surface area contributed by atoms with Gasteiger partial charge in [-0.2, -0.15) is 0 Å². The third-order valence-corrected chi connectivity index (χ3v) is 5.25. The second kappa shape index (κ2) is 9.35. The van der Waals surface area contributed by atoms with E-state index in [9.17, 15) is 9.90 Å². The van der Waals surface area contributed by atoms with Gasteiger partial charge in [-0.3, -0.25) is 4.90 Å². The molecule has 0 spiro atoms. The summed E-state index contributed by atoms with van der Waals surface area (Å²) in [5.41, 5.74) is 1.22. The highest BCUT2D eigenvalue weighted by Gasteiger charge is 2.23. The fourth-order valence-corrected chi connectivity index (χ4v) is 3.93. The van der Waals surface area contributed by atoms with Crippen LogP contribution in [0.5, 0.6) is 5.75 Å². The lowest BCUT2D eigenvalue weighted by molar-refractivity contribution is 0.0216. The minimum atomic E-state index is -0.953. The number of ether oxygens (including phenoxy) is 2. The molecular formula is C20H30N2O4. The molecule has 6 nitrogen and oxygen atoms in total. The zero-order chi connectivity index (χ0) is 18.4. The molecule has 1 aromatic rings. The molecule has 1 atom stereocenters. The van der Waals surface area contributed by atoms with Crippen molar-refractivity contribution in [2.75, 3.05) is 46.4 Å². The van der Waals surface area contributed by atoms with Crippen molar-refractivity contribution in [1.29, 1.82) is 0 Å². The largest absolute Gasteiger partial charge is 0.496 e. The Morgan fingerprint density at radius 1 is 1.19 bits per heavy atom. The van der Waals surface area contributed by atoms with Gasteiger partial charge in [0.05, 0.1) is 13.2 Å². The topological polar surface area (TPSA) is 62.2 Å². The number of nitrogens with zero attached hydrogens (tertiary/aromatic N) is 2. The van der Waals surface area contributed by atoms with Crippen LogP contribution in [0.15, 0.2) is 18.2 Å². The molecule has 26 heavy (non-hydrogen) atoms. The summed E-state index contributed by atoms with van der Waals surface area (Å²) in [7, 11) is 1.50. The molecule has 0 aliphatic carbocycles. The summed E-state index contributed by atoms with van der Waals surface area (Å²) in [6.45, 7) is 6.78. The summed E-state index contributed by atoms with van der Waals surface area (Å²) < 4.78 is 11.2. The number of methoxy groups -OCH3 is 1. The molecule has 1 aromatic carbocycles. The smallest absolute Gasteiger partial charge is 0.339 e. The Morgan fingerprint density at radius 3 is 2.69 bits per heavy atom. The molecule has 2 aliphatic rings. The average Bonchev–Trinajstić information content (AvgIpc) is 2.87. The monoisotopic (exact) mass is 362 g/mol. The molecule has 6 heteroatoms. The number of carbonyl (C=O) groups is 1. The van der Waals surface area contributed by atoms with Crippen molar-refractivity contribution in [3.8, 4) is 5.75 Å². The Balaban J connectivity index is 1.62. The molecule has 1 unspecified atom stereocenters.